The van der Waals surface area contributed by atoms with Crippen molar-refractivity contribution in [1.29, 1.82) is 5.26 Å². The van der Waals surface area contributed by atoms with Crippen LogP contribution in [0.5, 0.6) is 0 Å². The third-order valence-electron chi connectivity index (χ3n) is 2.57. The molecule has 2 aromatic heterocycles. The molecule has 7 heteroatoms. The van der Waals surface area contributed by atoms with Crippen molar-refractivity contribution in [2.45, 2.75) is 6.92 Å². The van der Waals surface area contributed by atoms with E-state index in [1.54, 1.807) is 6.07 Å². The Labute approximate surface area is 115 Å². The van der Waals surface area contributed by atoms with Gasteiger partial charge in [0.2, 0.25) is 0 Å². The van der Waals surface area contributed by atoms with E-state index in [-0.39, 0.29) is 11.4 Å². The Morgan fingerprint density at radius 2 is 2.25 bits per heavy atom. The number of anilines is 1. The lowest BCUT2D eigenvalue weighted by molar-refractivity contribution is -0.384. The molecule has 0 aromatic carbocycles. The Balaban J connectivity index is 2.59. The van der Waals surface area contributed by atoms with Gasteiger partial charge in [-0.05, 0) is 19.1 Å². The van der Waals surface area contributed by atoms with Crippen LogP contribution in [0.4, 0.5) is 11.5 Å². The first-order valence-electron chi connectivity index (χ1n) is 5.90. The van der Waals surface area contributed by atoms with Gasteiger partial charge in [0.05, 0.1) is 10.5 Å². The molecule has 0 saturated heterocycles. The predicted octanol–water partition coefficient (Wildman–Crippen LogP) is 2.36. The highest BCUT2D eigenvalue weighted by atomic mass is 16.6. The van der Waals surface area contributed by atoms with E-state index in [4.69, 9.17) is 5.26 Å². The van der Waals surface area contributed by atoms with Crippen molar-refractivity contribution in [3.8, 4) is 17.3 Å². The number of hydrogen-bond donors (Lipinski definition) is 1. The zero-order valence-corrected chi connectivity index (χ0v) is 10.7. The fourth-order valence-electron chi connectivity index (χ4n) is 1.72. The maximum absolute atomic E-state index is 11.1. The third kappa shape index (κ3) is 2.70. The maximum atomic E-state index is 11.1. The summed E-state index contributed by atoms with van der Waals surface area (Å²) in [5.74, 6) is 0.537. The van der Waals surface area contributed by atoms with Crippen LogP contribution in [0, 0.1) is 21.4 Å². The Morgan fingerprint density at radius 1 is 1.45 bits per heavy atom. The number of rotatable bonds is 4. The molecule has 0 amide bonds. The molecule has 0 saturated carbocycles. The first-order valence-corrected chi connectivity index (χ1v) is 5.90. The van der Waals surface area contributed by atoms with E-state index >= 15 is 0 Å². The minimum absolute atomic E-state index is 0.122. The predicted molar refractivity (Wildman–Crippen MR) is 73.0 cm³/mol. The topological polar surface area (TPSA) is 105 Å². The molecule has 0 aliphatic heterocycles. The Kier molecular flexibility index (Phi) is 3.86. The molecule has 0 unspecified atom stereocenters. The summed E-state index contributed by atoms with van der Waals surface area (Å²) in [7, 11) is 0. The fraction of sp³-hybridized carbons (Fsp3) is 0.154. The number of nitro groups is 1. The minimum Gasteiger partial charge on any atom is -0.370 e. The second-order valence-corrected chi connectivity index (χ2v) is 3.93. The molecule has 100 valence electrons. The molecular weight excluding hydrogens is 258 g/mol. The van der Waals surface area contributed by atoms with Crippen LogP contribution >= 0.6 is 0 Å². The van der Waals surface area contributed by atoms with Crippen molar-refractivity contribution in [2.75, 3.05) is 11.9 Å². The van der Waals surface area contributed by atoms with Gasteiger partial charge in [-0.2, -0.15) is 5.26 Å². The molecule has 0 atom stereocenters. The molecule has 2 heterocycles. The summed E-state index contributed by atoms with van der Waals surface area (Å²) >= 11 is 0. The van der Waals surface area contributed by atoms with Crippen LogP contribution in [0.15, 0.2) is 30.6 Å². The van der Waals surface area contributed by atoms with Crippen molar-refractivity contribution in [3.63, 3.8) is 0 Å². The van der Waals surface area contributed by atoms with E-state index in [1.807, 2.05) is 13.0 Å². The van der Waals surface area contributed by atoms with Gasteiger partial charge in [0.1, 0.15) is 11.9 Å². The van der Waals surface area contributed by atoms with Gasteiger partial charge >= 0.3 is 0 Å². The molecule has 0 aliphatic carbocycles. The van der Waals surface area contributed by atoms with Crippen molar-refractivity contribution < 1.29 is 4.92 Å². The van der Waals surface area contributed by atoms with Gasteiger partial charge in [0.15, 0.2) is 5.69 Å². The van der Waals surface area contributed by atoms with Gasteiger partial charge in [0, 0.05) is 30.6 Å². The Morgan fingerprint density at radius 3 is 2.90 bits per heavy atom. The van der Waals surface area contributed by atoms with Gasteiger partial charge < -0.3 is 5.32 Å². The van der Waals surface area contributed by atoms with E-state index in [2.05, 4.69) is 15.3 Å². The third-order valence-corrected chi connectivity index (χ3v) is 2.57. The summed E-state index contributed by atoms with van der Waals surface area (Å²) in [5, 5.41) is 22.9. The van der Waals surface area contributed by atoms with Gasteiger partial charge in [-0.3, -0.25) is 15.1 Å². The number of hydrogen-bond acceptors (Lipinski definition) is 6. The Hall–Kier alpha value is -3.01. The molecule has 2 aromatic rings. The lowest BCUT2D eigenvalue weighted by Gasteiger charge is -2.06. The molecule has 0 aliphatic rings. The highest BCUT2D eigenvalue weighted by Crippen LogP contribution is 2.29. The average Bonchev–Trinajstić information content (AvgIpc) is 2.47. The van der Waals surface area contributed by atoms with Crippen LogP contribution in [-0.4, -0.2) is 21.4 Å². The number of nitriles is 1. The first kappa shape index (κ1) is 13.4. The molecule has 20 heavy (non-hydrogen) atoms. The number of aromatic nitrogens is 2. The van der Waals surface area contributed by atoms with Crippen LogP contribution in [0.2, 0.25) is 0 Å². The summed E-state index contributed by atoms with van der Waals surface area (Å²) < 4.78 is 0. The van der Waals surface area contributed by atoms with Crippen LogP contribution in [-0.2, 0) is 0 Å². The highest BCUT2D eigenvalue weighted by Gasteiger charge is 2.18. The van der Waals surface area contributed by atoms with E-state index in [0.717, 1.165) is 0 Å². The summed E-state index contributed by atoms with van der Waals surface area (Å²) in [6, 6.07) is 6.41. The van der Waals surface area contributed by atoms with E-state index in [9.17, 15) is 10.1 Å². The van der Waals surface area contributed by atoms with Gasteiger partial charge in [0.25, 0.3) is 5.69 Å². The van der Waals surface area contributed by atoms with Gasteiger partial charge in [-0.25, -0.2) is 4.98 Å². The number of nitrogens with zero attached hydrogens (tertiary/aromatic N) is 4. The molecule has 0 bridgehead atoms. The summed E-state index contributed by atoms with van der Waals surface area (Å²) in [6.07, 6.45) is 2.84. The fourth-order valence-corrected chi connectivity index (χ4v) is 1.72. The van der Waals surface area contributed by atoms with Crippen molar-refractivity contribution in [3.05, 3.63) is 46.3 Å². The standard InChI is InChI=1S/C13H11N5O2/c1-2-16-12-4-3-11(18(19)20)13(17-12)10-5-9(6-14)7-15-8-10/h3-5,7-8H,2H2,1H3,(H,16,17). The quantitative estimate of drug-likeness (QED) is 0.674. The molecule has 0 spiro atoms. The smallest absolute Gasteiger partial charge is 0.295 e. The Bertz CT molecular complexity index is 693. The summed E-state index contributed by atoms with van der Waals surface area (Å²) in [5.41, 5.74) is 0.838. The van der Waals surface area contributed by atoms with Crippen LogP contribution in [0.1, 0.15) is 12.5 Å². The second kappa shape index (κ2) is 5.75. The zero-order valence-electron chi connectivity index (χ0n) is 10.7. The van der Waals surface area contributed by atoms with Crippen molar-refractivity contribution in [1.82, 2.24) is 9.97 Å². The lowest BCUT2D eigenvalue weighted by Crippen LogP contribution is -2.02. The highest BCUT2D eigenvalue weighted by molar-refractivity contribution is 5.71. The second-order valence-electron chi connectivity index (χ2n) is 3.93. The van der Waals surface area contributed by atoms with Crippen LogP contribution in [0.25, 0.3) is 11.3 Å². The monoisotopic (exact) mass is 269 g/mol. The van der Waals surface area contributed by atoms with E-state index < -0.39 is 4.92 Å². The van der Waals surface area contributed by atoms with Gasteiger partial charge in [-0.15, -0.1) is 0 Å². The van der Waals surface area contributed by atoms with Crippen molar-refractivity contribution >= 4 is 11.5 Å². The molecule has 0 fully saturated rings. The summed E-state index contributed by atoms with van der Waals surface area (Å²) in [4.78, 5) is 18.7. The van der Waals surface area contributed by atoms with Crippen molar-refractivity contribution in [2.24, 2.45) is 0 Å². The largest absolute Gasteiger partial charge is 0.370 e. The average molecular weight is 269 g/mol. The molecule has 2 rings (SSSR count). The molecule has 7 nitrogen and oxygen atoms in total. The molecule has 0 radical (unpaired) electrons. The van der Waals surface area contributed by atoms with E-state index in [0.29, 0.717) is 23.5 Å². The van der Waals surface area contributed by atoms with Crippen LogP contribution < -0.4 is 5.32 Å². The first-order chi connectivity index (χ1) is 9.65. The zero-order chi connectivity index (χ0) is 14.5. The maximum Gasteiger partial charge on any atom is 0.295 e. The number of pyridine rings is 2. The van der Waals surface area contributed by atoms with Gasteiger partial charge in [-0.1, -0.05) is 0 Å². The SMILES string of the molecule is CCNc1ccc([N+](=O)[O-])c(-c2cncc(C#N)c2)n1. The van der Waals surface area contributed by atoms with Crippen LogP contribution in [0.3, 0.4) is 0 Å². The molecular formula is C13H11N5O2. The molecule has 1 N–H and O–H groups in total. The minimum atomic E-state index is -0.503. The van der Waals surface area contributed by atoms with E-state index in [1.165, 1.54) is 24.5 Å². The normalized spacial score (nSPS) is 9.80. The summed E-state index contributed by atoms with van der Waals surface area (Å²) in [6.45, 7) is 2.56. The lowest BCUT2D eigenvalue weighted by atomic mass is 10.1. The number of nitrogens with one attached hydrogen (secondary N) is 1.